The molecule has 0 radical (unpaired) electrons. The number of nitrogens with one attached hydrogen (secondary N) is 1. The van der Waals surface area contributed by atoms with Gasteiger partial charge < -0.3 is 10.2 Å². The van der Waals surface area contributed by atoms with Crippen molar-refractivity contribution in [1.29, 1.82) is 0 Å². The first kappa shape index (κ1) is 17.8. The van der Waals surface area contributed by atoms with Crippen molar-refractivity contribution in [3.05, 3.63) is 0 Å². The van der Waals surface area contributed by atoms with E-state index in [1.807, 2.05) is 0 Å². The predicted octanol–water partition coefficient (Wildman–Crippen LogP) is 3.23. The molecule has 0 bridgehead atoms. The number of nitrogens with zero attached hydrogens (tertiary/aromatic N) is 1. The Labute approximate surface area is 130 Å². The molecule has 0 aromatic rings. The molecule has 2 heterocycles. The van der Waals surface area contributed by atoms with Gasteiger partial charge in [-0.25, -0.2) is 0 Å². The van der Waals surface area contributed by atoms with E-state index in [0.717, 1.165) is 32.0 Å². The Balaban J connectivity index is 0.00000200. The van der Waals surface area contributed by atoms with Crippen molar-refractivity contribution in [1.82, 2.24) is 10.2 Å². The van der Waals surface area contributed by atoms with Gasteiger partial charge in [0.25, 0.3) is 0 Å². The van der Waals surface area contributed by atoms with Gasteiger partial charge in [0.1, 0.15) is 0 Å². The van der Waals surface area contributed by atoms with Gasteiger partial charge in [-0.15, -0.1) is 12.4 Å². The second-order valence-corrected chi connectivity index (χ2v) is 7.32. The van der Waals surface area contributed by atoms with E-state index in [1.165, 1.54) is 32.1 Å². The molecule has 1 amide bonds. The summed E-state index contributed by atoms with van der Waals surface area (Å²) in [7, 11) is 0. The number of carbonyl (C=O) groups excluding carboxylic acids is 1. The van der Waals surface area contributed by atoms with E-state index in [-0.39, 0.29) is 18.4 Å². The average Bonchev–Trinajstić information content (AvgIpc) is 2.64. The number of hydrogen-bond acceptors (Lipinski definition) is 2. The minimum atomic E-state index is 0. The van der Waals surface area contributed by atoms with E-state index in [4.69, 9.17) is 0 Å². The van der Waals surface area contributed by atoms with E-state index >= 15 is 0 Å². The third-order valence-corrected chi connectivity index (χ3v) is 4.87. The van der Waals surface area contributed by atoms with Gasteiger partial charge in [0.15, 0.2) is 0 Å². The van der Waals surface area contributed by atoms with E-state index in [9.17, 15) is 4.79 Å². The summed E-state index contributed by atoms with van der Waals surface area (Å²) in [5, 5.41) is 3.39. The smallest absolute Gasteiger partial charge is 0.239 e. The molecule has 2 fully saturated rings. The van der Waals surface area contributed by atoms with Crippen LogP contribution in [0.25, 0.3) is 0 Å². The molecule has 0 saturated carbocycles. The van der Waals surface area contributed by atoms with Crippen molar-refractivity contribution < 1.29 is 4.79 Å². The Morgan fingerprint density at radius 3 is 2.40 bits per heavy atom. The van der Waals surface area contributed by atoms with Gasteiger partial charge in [-0.1, -0.05) is 27.2 Å². The summed E-state index contributed by atoms with van der Waals surface area (Å²) >= 11 is 0. The number of rotatable bonds is 1. The van der Waals surface area contributed by atoms with E-state index in [1.54, 1.807) is 0 Å². The lowest BCUT2D eigenvalue weighted by molar-refractivity contribution is -0.134. The molecular formula is C16H31ClN2O. The summed E-state index contributed by atoms with van der Waals surface area (Å²) in [6, 6.07) is 0.0972. The first-order chi connectivity index (χ1) is 8.98. The van der Waals surface area contributed by atoms with Crippen molar-refractivity contribution in [3.8, 4) is 0 Å². The van der Waals surface area contributed by atoms with Crippen molar-refractivity contribution >= 4 is 18.3 Å². The molecule has 2 atom stereocenters. The normalized spacial score (nSPS) is 28.4. The van der Waals surface area contributed by atoms with Gasteiger partial charge in [-0.3, -0.25) is 4.79 Å². The molecule has 0 spiro atoms. The largest absolute Gasteiger partial charge is 0.341 e. The molecule has 3 nitrogen and oxygen atoms in total. The summed E-state index contributed by atoms with van der Waals surface area (Å²) < 4.78 is 0. The van der Waals surface area contributed by atoms with Crippen LogP contribution in [-0.2, 0) is 4.79 Å². The molecule has 1 unspecified atom stereocenters. The van der Waals surface area contributed by atoms with Gasteiger partial charge >= 0.3 is 0 Å². The monoisotopic (exact) mass is 302 g/mol. The summed E-state index contributed by atoms with van der Waals surface area (Å²) in [6.45, 7) is 9.92. The number of halogens is 1. The minimum Gasteiger partial charge on any atom is -0.341 e. The van der Waals surface area contributed by atoms with Crippen LogP contribution in [0.2, 0.25) is 0 Å². The summed E-state index contributed by atoms with van der Waals surface area (Å²) in [5.74, 6) is 1.11. The molecule has 20 heavy (non-hydrogen) atoms. The third-order valence-electron chi connectivity index (χ3n) is 4.87. The highest BCUT2D eigenvalue weighted by atomic mass is 35.5. The maximum absolute atomic E-state index is 12.5. The highest BCUT2D eigenvalue weighted by Crippen LogP contribution is 2.34. The Morgan fingerprint density at radius 2 is 1.80 bits per heavy atom. The van der Waals surface area contributed by atoms with Crippen LogP contribution in [0.4, 0.5) is 0 Å². The lowest BCUT2D eigenvalue weighted by Crippen LogP contribution is -2.48. The molecule has 2 aliphatic heterocycles. The van der Waals surface area contributed by atoms with Crippen LogP contribution in [0, 0.1) is 11.3 Å². The number of likely N-dealkylation sites (tertiary alicyclic amines) is 1. The molecule has 0 aliphatic carbocycles. The number of amides is 1. The number of hydrogen-bond donors (Lipinski definition) is 1. The minimum absolute atomic E-state index is 0. The standard InChI is InChI=1S/C16H30N2O.ClH/c1-16(2,3)13-7-6-11-18(12-9-13)15(19)14-8-4-5-10-17-14;/h13-14,17H,4-12H2,1-3H3;1H/t13?,14-;/m1./s1. The van der Waals surface area contributed by atoms with Crippen molar-refractivity contribution in [2.75, 3.05) is 19.6 Å². The molecule has 2 rings (SSSR count). The second kappa shape index (κ2) is 7.65. The van der Waals surface area contributed by atoms with Crippen LogP contribution in [0.5, 0.6) is 0 Å². The summed E-state index contributed by atoms with van der Waals surface area (Å²) in [5.41, 5.74) is 0.377. The van der Waals surface area contributed by atoms with Gasteiger partial charge in [-0.2, -0.15) is 0 Å². The first-order valence-corrected chi connectivity index (χ1v) is 8.00. The fourth-order valence-corrected chi connectivity index (χ4v) is 3.47. The molecule has 118 valence electrons. The Morgan fingerprint density at radius 1 is 1.05 bits per heavy atom. The van der Waals surface area contributed by atoms with E-state index < -0.39 is 0 Å². The van der Waals surface area contributed by atoms with Crippen LogP contribution in [0.3, 0.4) is 0 Å². The van der Waals surface area contributed by atoms with Gasteiger partial charge in [0.05, 0.1) is 6.04 Å². The zero-order valence-electron chi connectivity index (χ0n) is 13.3. The first-order valence-electron chi connectivity index (χ1n) is 8.00. The maximum Gasteiger partial charge on any atom is 0.239 e. The van der Waals surface area contributed by atoms with Gasteiger partial charge in [0.2, 0.25) is 5.91 Å². The highest BCUT2D eigenvalue weighted by Gasteiger charge is 2.31. The molecule has 0 aromatic heterocycles. The van der Waals surface area contributed by atoms with Crippen molar-refractivity contribution in [2.24, 2.45) is 11.3 Å². The van der Waals surface area contributed by atoms with Crippen LogP contribution >= 0.6 is 12.4 Å². The fraction of sp³-hybridized carbons (Fsp3) is 0.938. The fourth-order valence-electron chi connectivity index (χ4n) is 3.47. The molecule has 2 aliphatic rings. The highest BCUT2D eigenvalue weighted by molar-refractivity contribution is 5.85. The van der Waals surface area contributed by atoms with Crippen molar-refractivity contribution in [3.63, 3.8) is 0 Å². The molecule has 1 N–H and O–H groups in total. The number of carbonyl (C=O) groups is 1. The summed E-state index contributed by atoms with van der Waals surface area (Å²) in [6.07, 6.45) is 7.05. The van der Waals surface area contributed by atoms with Crippen LogP contribution in [-0.4, -0.2) is 36.5 Å². The van der Waals surface area contributed by atoms with E-state index in [2.05, 4.69) is 31.0 Å². The third kappa shape index (κ3) is 4.63. The van der Waals surface area contributed by atoms with Gasteiger partial charge in [0, 0.05) is 13.1 Å². The lowest BCUT2D eigenvalue weighted by Gasteiger charge is -2.31. The Hall–Kier alpha value is -0.280. The van der Waals surface area contributed by atoms with Crippen LogP contribution < -0.4 is 5.32 Å². The quantitative estimate of drug-likeness (QED) is 0.806. The van der Waals surface area contributed by atoms with Crippen LogP contribution in [0.1, 0.15) is 59.3 Å². The number of piperidine rings is 1. The predicted molar refractivity (Wildman–Crippen MR) is 86.3 cm³/mol. The molecule has 2 saturated heterocycles. The lowest BCUT2D eigenvalue weighted by atomic mass is 9.77. The SMILES string of the molecule is CC(C)(C)C1CCCN(C(=O)[C@H]2CCCCN2)CC1.Cl. The second-order valence-electron chi connectivity index (χ2n) is 7.32. The topological polar surface area (TPSA) is 32.3 Å². The maximum atomic E-state index is 12.5. The zero-order chi connectivity index (χ0) is 13.9. The van der Waals surface area contributed by atoms with Crippen LogP contribution in [0.15, 0.2) is 0 Å². The summed E-state index contributed by atoms with van der Waals surface area (Å²) in [4.78, 5) is 14.6. The molecule has 0 aromatic carbocycles. The average molecular weight is 303 g/mol. The van der Waals surface area contributed by atoms with Gasteiger partial charge in [-0.05, 0) is 50.0 Å². The molecular weight excluding hydrogens is 272 g/mol. The Kier molecular flexibility index (Phi) is 6.80. The zero-order valence-corrected chi connectivity index (χ0v) is 14.1. The van der Waals surface area contributed by atoms with Crippen molar-refractivity contribution in [2.45, 2.75) is 65.3 Å². The molecule has 4 heteroatoms. The van der Waals surface area contributed by atoms with E-state index in [0.29, 0.717) is 11.3 Å². The Bertz CT molecular complexity index is 308.